The first-order chi connectivity index (χ1) is 27.0. The molecule has 0 unspecified atom stereocenters. The second-order valence-corrected chi connectivity index (χ2v) is 12.1. The highest BCUT2D eigenvalue weighted by Crippen LogP contribution is 2.34. The van der Waals surface area contributed by atoms with Crippen LogP contribution in [0.25, 0.3) is 44.6 Å². The van der Waals surface area contributed by atoms with E-state index in [1.807, 2.05) is 54.4 Å². The quantitative estimate of drug-likeness (QED) is 0.0763. The number of methoxy groups -OCH3 is 2. The van der Waals surface area contributed by atoms with Gasteiger partial charge in [-0.2, -0.15) is 0 Å². The van der Waals surface area contributed by atoms with Gasteiger partial charge in [0, 0.05) is 66.1 Å². The molecule has 16 nitrogen and oxygen atoms in total. The van der Waals surface area contributed by atoms with E-state index in [-0.39, 0.29) is 16.7 Å². The highest BCUT2D eigenvalue weighted by molar-refractivity contribution is 6.28. The maximum absolute atomic E-state index is 11.3. The largest absolute Gasteiger partial charge is 0.494 e. The molecule has 6 heterocycles. The van der Waals surface area contributed by atoms with Crippen molar-refractivity contribution in [3.05, 3.63) is 126 Å². The number of pyridine rings is 2. The lowest BCUT2D eigenvalue weighted by Gasteiger charge is -2.18. The topological polar surface area (TPSA) is 231 Å². The molecule has 6 aromatic heterocycles. The van der Waals surface area contributed by atoms with Crippen molar-refractivity contribution < 1.29 is 29.3 Å². The zero-order valence-electron chi connectivity index (χ0n) is 30.0. The van der Waals surface area contributed by atoms with Crippen molar-refractivity contribution in [2.75, 3.05) is 31.9 Å². The molecule has 0 aliphatic heterocycles. The van der Waals surface area contributed by atoms with Crippen molar-refractivity contribution in [2.45, 2.75) is 0 Å². The minimum atomic E-state index is -1.03. The Morgan fingerprint density at radius 2 is 1.20 bits per heavy atom. The number of ether oxygens (including phenoxy) is 2. The number of carbonyl (C=O) groups is 2. The molecule has 6 N–H and O–H groups in total. The molecular weight excluding hydrogens is 740 g/mol. The number of nitrogen functional groups attached to an aromatic ring is 1. The van der Waals surface area contributed by atoms with Crippen LogP contribution < -0.4 is 20.1 Å². The van der Waals surface area contributed by atoms with Gasteiger partial charge in [-0.05, 0) is 72.3 Å². The van der Waals surface area contributed by atoms with Crippen molar-refractivity contribution in [2.24, 2.45) is 0 Å². The van der Waals surface area contributed by atoms with Crippen LogP contribution in [-0.2, 0) is 0 Å². The minimum Gasteiger partial charge on any atom is -0.494 e. The number of halogens is 1. The smallest absolute Gasteiger partial charge is 0.352 e. The number of aromatic nitrogens is 8. The monoisotopic (exact) mass is 772 g/mol. The van der Waals surface area contributed by atoms with Gasteiger partial charge in [0.25, 0.3) is 0 Å². The predicted molar refractivity (Wildman–Crippen MR) is 212 cm³/mol. The number of aromatic carboxylic acids is 2. The van der Waals surface area contributed by atoms with Crippen LogP contribution in [0.2, 0.25) is 5.28 Å². The first kappa shape index (κ1) is 38.1. The van der Waals surface area contributed by atoms with Gasteiger partial charge in [0.15, 0.2) is 0 Å². The van der Waals surface area contributed by atoms with E-state index in [2.05, 4.69) is 39.9 Å². The summed E-state index contributed by atoms with van der Waals surface area (Å²) in [6.45, 7) is 0. The normalized spacial score (nSPS) is 10.5. The number of nitrogens with one attached hydrogen (secondary N) is 2. The summed E-state index contributed by atoms with van der Waals surface area (Å²) in [5.41, 5.74) is 11.4. The number of hydrogen-bond donors (Lipinski definition) is 5. The molecule has 8 rings (SSSR count). The van der Waals surface area contributed by atoms with Gasteiger partial charge in [0.05, 0.1) is 48.0 Å². The molecule has 0 spiro atoms. The molecule has 8 aromatic rings. The summed E-state index contributed by atoms with van der Waals surface area (Å²) in [6.07, 6.45) is 6.72. The van der Waals surface area contributed by atoms with Gasteiger partial charge >= 0.3 is 11.9 Å². The molecule has 0 fully saturated rings. The molecule has 0 aliphatic rings. The molecule has 17 heteroatoms. The number of rotatable bonds is 8. The lowest BCUT2D eigenvalue weighted by molar-refractivity contribution is 0.0681. The number of carboxylic acid groups (broad SMARTS) is 2. The van der Waals surface area contributed by atoms with Gasteiger partial charge in [-0.15, -0.1) is 0 Å². The minimum absolute atomic E-state index is 0.0986. The SMILES string of the molecule is COc1cc(N(C)c2nccc(-c3ccccn3)n2)cc2cc(C(=O)O)[nH]c12.COc1cc(N)cc2cc(C(=O)O)[nH]c12.Clc1nccc(-c2ccccn2)n1. The molecule has 0 atom stereocenters. The number of hydrogen-bond acceptors (Lipinski definition) is 12. The van der Waals surface area contributed by atoms with Crippen LogP contribution in [0.1, 0.15) is 21.0 Å². The fraction of sp³-hybridized carbons (Fsp3) is 0.0769. The number of nitrogens with zero attached hydrogens (tertiary/aromatic N) is 7. The van der Waals surface area contributed by atoms with Crippen LogP contribution >= 0.6 is 11.6 Å². The van der Waals surface area contributed by atoms with Crippen molar-refractivity contribution >= 4 is 62.7 Å². The Hall–Kier alpha value is -7.59. The molecule has 0 saturated heterocycles. The third-order valence-electron chi connectivity index (χ3n) is 8.10. The Bertz CT molecular complexity index is 2640. The van der Waals surface area contributed by atoms with Gasteiger partial charge in [-0.3, -0.25) is 9.97 Å². The van der Waals surface area contributed by atoms with Crippen LogP contribution in [-0.4, -0.2) is 83.3 Å². The predicted octanol–water partition coefficient (Wildman–Crippen LogP) is 7.14. The fourth-order valence-corrected chi connectivity index (χ4v) is 5.60. The Balaban J connectivity index is 0.000000159. The number of nitrogens with two attached hydrogens (primary N) is 1. The maximum atomic E-state index is 11.3. The summed E-state index contributed by atoms with van der Waals surface area (Å²) in [5, 5.41) is 19.7. The maximum Gasteiger partial charge on any atom is 0.352 e. The summed E-state index contributed by atoms with van der Waals surface area (Å²) in [5.74, 6) is -0.477. The summed E-state index contributed by atoms with van der Waals surface area (Å²) in [4.78, 5) is 54.7. The lowest BCUT2D eigenvalue weighted by atomic mass is 10.2. The summed E-state index contributed by atoms with van der Waals surface area (Å²) in [6, 6.07) is 24.9. The molecule has 0 radical (unpaired) electrons. The second-order valence-electron chi connectivity index (χ2n) is 11.7. The first-order valence-electron chi connectivity index (χ1n) is 16.6. The van der Waals surface area contributed by atoms with Crippen LogP contribution in [0, 0.1) is 0 Å². The van der Waals surface area contributed by atoms with Gasteiger partial charge in [0.1, 0.15) is 22.9 Å². The zero-order valence-corrected chi connectivity index (χ0v) is 30.8. The van der Waals surface area contributed by atoms with E-state index in [0.717, 1.165) is 33.5 Å². The van der Waals surface area contributed by atoms with E-state index < -0.39 is 11.9 Å². The fourth-order valence-electron chi connectivity index (χ4n) is 5.45. The van der Waals surface area contributed by atoms with Crippen LogP contribution in [0.4, 0.5) is 17.3 Å². The van der Waals surface area contributed by atoms with Gasteiger partial charge in [-0.1, -0.05) is 12.1 Å². The molecule has 0 aliphatic carbocycles. The Kier molecular flexibility index (Phi) is 11.6. The number of aromatic amines is 2. The molecule has 0 saturated carbocycles. The van der Waals surface area contributed by atoms with E-state index in [1.54, 1.807) is 61.2 Å². The Labute approximate surface area is 323 Å². The van der Waals surface area contributed by atoms with Crippen molar-refractivity contribution in [3.63, 3.8) is 0 Å². The van der Waals surface area contributed by atoms with Crippen molar-refractivity contribution in [1.29, 1.82) is 0 Å². The summed E-state index contributed by atoms with van der Waals surface area (Å²) < 4.78 is 10.5. The third kappa shape index (κ3) is 8.78. The number of H-pyrrole nitrogens is 2. The average Bonchev–Trinajstić information content (AvgIpc) is 3.87. The average molecular weight is 773 g/mol. The number of carboxylic acids is 2. The number of anilines is 3. The summed E-state index contributed by atoms with van der Waals surface area (Å²) >= 11 is 5.64. The second kappa shape index (κ2) is 17.0. The standard InChI is InChI=1S/C20H17N5O3.C10H10N2O3.C9H6ClN3/c1-25(20-22-8-6-15(24-20)14-5-3-4-7-21-14)13-9-12-10-16(19(26)27)23-18(12)17(11-13)28-2;1-15-8-4-6(11)2-5-3-7(10(13)14)12-9(5)8;10-9-12-6-4-8(13-9)7-3-1-2-5-11-7/h3-11,23H,1-2H3,(H,26,27);2-4,12H,11H2,1H3,(H,13,14);1-6H. The molecule has 0 amide bonds. The van der Waals surface area contributed by atoms with Gasteiger partial charge < -0.3 is 40.3 Å². The highest BCUT2D eigenvalue weighted by atomic mass is 35.5. The van der Waals surface area contributed by atoms with E-state index >= 15 is 0 Å². The molecular formula is C39H33ClN10O6. The lowest BCUT2D eigenvalue weighted by Crippen LogP contribution is -2.13. The summed E-state index contributed by atoms with van der Waals surface area (Å²) in [7, 11) is 4.89. The highest BCUT2D eigenvalue weighted by Gasteiger charge is 2.16. The third-order valence-corrected chi connectivity index (χ3v) is 8.29. The van der Waals surface area contributed by atoms with Gasteiger partial charge in [0.2, 0.25) is 11.2 Å². The Morgan fingerprint density at radius 1 is 0.661 bits per heavy atom. The first-order valence-corrected chi connectivity index (χ1v) is 16.9. The number of fused-ring (bicyclic) bond motifs is 2. The van der Waals surface area contributed by atoms with E-state index in [4.69, 9.17) is 31.9 Å². The van der Waals surface area contributed by atoms with Crippen molar-refractivity contribution in [3.8, 4) is 34.3 Å². The van der Waals surface area contributed by atoms with E-state index in [0.29, 0.717) is 39.9 Å². The molecule has 0 bridgehead atoms. The van der Waals surface area contributed by atoms with E-state index in [9.17, 15) is 14.7 Å². The Morgan fingerprint density at radius 3 is 1.71 bits per heavy atom. The van der Waals surface area contributed by atoms with Gasteiger partial charge in [-0.25, -0.2) is 29.5 Å². The molecule has 56 heavy (non-hydrogen) atoms. The molecule has 2 aromatic carbocycles. The van der Waals surface area contributed by atoms with Crippen LogP contribution in [0.3, 0.4) is 0 Å². The van der Waals surface area contributed by atoms with Crippen LogP contribution in [0.5, 0.6) is 11.5 Å². The molecule has 282 valence electrons. The van der Waals surface area contributed by atoms with Crippen LogP contribution in [0.15, 0.2) is 110 Å². The van der Waals surface area contributed by atoms with E-state index in [1.165, 1.54) is 20.3 Å². The number of benzene rings is 2. The zero-order chi connectivity index (χ0) is 39.8. The van der Waals surface area contributed by atoms with Crippen molar-refractivity contribution in [1.82, 2.24) is 39.9 Å².